The normalized spacial score (nSPS) is 35.4. The number of amides is 1. The van der Waals surface area contributed by atoms with Crippen LogP contribution in [0.25, 0.3) is 0 Å². The number of ether oxygens (including phenoxy) is 2. The molecule has 0 aromatic carbocycles. The Morgan fingerprint density at radius 2 is 1.87 bits per heavy atom. The fraction of sp³-hybridized carbons (Fsp3) is 0.933. The van der Waals surface area contributed by atoms with E-state index in [0.29, 0.717) is 19.3 Å². The summed E-state index contributed by atoms with van der Waals surface area (Å²) in [5, 5.41) is 0. The molecule has 2 N–H and O–H groups in total. The molecule has 1 saturated carbocycles. The van der Waals surface area contributed by atoms with Crippen LogP contribution in [0, 0.1) is 5.92 Å². The van der Waals surface area contributed by atoms with Crippen LogP contribution in [-0.4, -0.2) is 55.1 Å². The Kier molecular flexibility index (Phi) is 5.78. The van der Waals surface area contributed by atoms with Crippen molar-refractivity contribution in [2.45, 2.75) is 69.4 Å². The molecule has 3 unspecified atom stereocenters. The molecule has 3 atom stereocenters. The van der Waals surface area contributed by atoms with E-state index in [9.17, 15) is 18.0 Å². The summed E-state index contributed by atoms with van der Waals surface area (Å²) in [6.07, 6.45) is -3.13. The van der Waals surface area contributed by atoms with Gasteiger partial charge in [-0.2, -0.15) is 13.2 Å². The van der Waals surface area contributed by atoms with Gasteiger partial charge in [-0.15, -0.1) is 0 Å². The molecule has 1 saturated heterocycles. The number of nitrogens with zero attached hydrogens (tertiary/aromatic N) is 1. The van der Waals surface area contributed by atoms with Gasteiger partial charge in [-0.1, -0.05) is 0 Å². The third-order valence-corrected chi connectivity index (χ3v) is 4.96. The van der Waals surface area contributed by atoms with E-state index in [1.54, 1.807) is 4.90 Å². The molecule has 23 heavy (non-hydrogen) atoms. The van der Waals surface area contributed by atoms with Gasteiger partial charge in [0.25, 0.3) is 0 Å². The first-order valence-corrected chi connectivity index (χ1v) is 8.04. The number of alkyl halides is 3. The second kappa shape index (κ2) is 7.25. The highest BCUT2D eigenvalue weighted by Crippen LogP contribution is 2.38. The average molecular weight is 338 g/mol. The van der Waals surface area contributed by atoms with Crippen molar-refractivity contribution in [3.05, 3.63) is 0 Å². The molecule has 2 fully saturated rings. The number of hydrogen-bond acceptors (Lipinski definition) is 4. The fourth-order valence-corrected chi connectivity index (χ4v) is 3.61. The van der Waals surface area contributed by atoms with Gasteiger partial charge in [0.15, 0.2) is 0 Å². The SMILES string of the molecule is COC(=O)N1C(C)CC(N)C1COC1CCC(C(F)(F)F)CC1. The zero-order valence-corrected chi connectivity index (χ0v) is 13.5. The first-order valence-electron chi connectivity index (χ1n) is 8.04. The predicted octanol–water partition coefficient (Wildman–Crippen LogP) is 2.68. The van der Waals surface area contributed by atoms with Crippen LogP contribution in [0.3, 0.4) is 0 Å². The highest BCUT2D eigenvalue weighted by atomic mass is 19.4. The van der Waals surface area contributed by atoms with E-state index in [4.69, 9.17) is 15.2 Å². The van der Waals surface area contributed by atoms with Gasteiger partial charge >= 0.3 is 12.3 Å². The lowest BCUT2D eigenvalue weighted by atomic mass is 9.87. The van der Waals surface area contributed by atoms with Crippen molar-refractivity contribution in [3.8, 4) is 0 Å². The van der Waals surface area contributed by atoms with Crippen molar-refractivity contribution in [2.24, 2.45) is 11.7 Å². The smallest absolute Gasteiger partial charge is 0.410 e. The van der Waals surface area contributed by atoms with E-state index in [1.165, 1.54) is 7.11 Å². The number of carbonyl (C=O) groups excluding carboxylic acids is 1. The quantitative estimate of drug-likeness (QED) is 0.859. The first kappa shape index (κ1) is 18.3. The number of methoxy groups -OCH3 is 1. The minimum Gasteiger partial charge on any atom is -0.453 e. The summed E-state index contributed by atoms with van der Waals surface area (Å²) >= 11 is 0. The number of halogens is 3. The summed E-state index contributed by atoms with van der Waals surface area (Å²) < 4.78 is 48.5. The zero-order chi connectivity index (χ0) is 17.2. The molecule has 134 valence electrons. The second-order valence-corrected chi connectivity index (χ2v) is 6.54. The summed E-state index contributed by atoms with van der Waals surface area (Å²) in [6.45, 7) is 2.13. The van der Waals surface area contributed by atoms with Gasteiger partial charge in [0.1, 0.15) is 0 Å². The topological polar surface area (TPSA) is 64.8 Å². The van der Waals surface area contributed by atoms with Crippen LogP contribution < -0.4 is 5.73 Å². The van der Waals surface area contributed by atoms with Gasteiger partial charge in [0, 0.05) is 12.1 Å². The van der Waals surface area contributed by atoms with Crippen LogP contribution in [0.5, 0.6) is 0 Å². The lowest BCUT2D eigenvalue weighted by Gasteiger charge is -2.33. The van der Waals surface area contributed by atoms with Gasteiger partial charge < -0.3 is 15.2 Å². The molecule has 1 heterocycles. The Morgan fingerprint density at radius 1 is 1.26 bits per heavy atom. The maximum atomic E-state index is 12.7. The summed E-state index contributed by atoms with van der Waals surface area (Å²) in [5.41, 5.74) is 6.07. The first-order chi connectivity index (χ1) is 10.7. The maximum Gasteiger partial charge on any atom is 0.410 e. The average Bonchev–Trinajstić information content (AvgIpc) is 2.77. The molecular weight excluding hydrogens is 313 g/mol. The highest BCUT2D eigenvalue weighted by molar-refractivity contribution is 5.69. The molecule has 1 aliphatic carbocycles. The fourth-order valence-electron chi connectivity index (χ4n) is 3.61. The largest absolute Gasteiger partial charge is 0.453 e. The van der Waals surface area contributed by atoms with Crippen molar-refractivity contribution in [3.63, 3.8) is 0 Å². The molecule has 5 nitrogen and oxygen atoms in total. The Balaban J connectivity index is 1.84. The number of carbonyl (C=O) groups is 1. The van der Waals surface area contributed by atoms with Gasteiger partial charge in [-0.3, -0.25) is 4.90 Å². The molecule has 2 rings (SSSR count). The number of nitrogens with two attached hydrogens (primary N) is 1. The second-order valence-electron chi connectivity index (χ2n) is 6.54. The Hall–Kier alpha value is -1.02. The molecule has 1 amide bonds. The van der Waals surface area contributed by atoms with E-state index < -0.39 is 18.2 Å². The standard InChI is InChI=1S/C15H25F3N2O3/c1-9-7-12(19)13(20(9)14(21)22-2)8-23-11-5-3-10(4-6-11)15(16,17)18/h9-13H,3-8,19H2,1-2H3. The van der Waals surface area contributed by atoms with E-state index >= 15 is 0 Å². The minimum absolute atomic E-state index is 0.0352. The Labute approximate surface area is 134 Å². The minimum atomic E-state index is -4.12. The lowest BCUT2D eigenvalue weighted by Crippen LogP contribution is -2.48. The lowest BCUT2D eigenvalue weighted by molar-refractivity contribution is -0.188. The Morgan fingerprint density at radius 3 is 2.39 bits per heavy atom. The summed E-state index contributed by atoms with van der Waals surface area (Å²) in [6, 6.07) is -0.541. The number of hydrogen-bond donors (Lipinski definition) is 1. The molecule has 2 aliphatic rings. The molecule has 0 aromatic rings. The Bertz CT molecular complexity index is 411. The molecule has 0 spiro atoms. The van der Waals surface area contributed by atoms with Crippen LogP contribution in [0.15, 0.2) is 0 Å². The third-order valence-electron chi connectivity index (χ3n) is 4.96. The maximum absolute atomic E-state index is 12.7. The van der Waals surface area contributed by atoms with Crippen LogP contribution in [-0.2, 0) is 9.47 Å². The van der Waals surface area contributed by atoms with Crippen LogP contribution >= 0.6 is 0 Å². The van der Waals surface area contributed by atoms with E-state index in [0.717, 1.165) is 0 Å². The van der Waals surface area contributed by atoms with Crippen LogP contribution in [0.2, 0.25) is 0 Å². The van der Waals surface area contributed by atoms with Crippen LogP contribution in [0.4, 0.5) is 18.0 Å². The van der Waals surface area contributed by atoms with E-state index in [1.807, 2.05) is 6.92 Å². The van der Waals surface area contributed by atoms with Crippen LogP contribution in [0.1, 0.15) is 39.0 Å². The van der Waals surface area contributed by atoms with Gasteiger partial charge in [-0.05, 0) is 39.0 Å². The van der Waals surface area contributed by atoms with Crippen molar-refractivity contribution in [1.82, 2.24) is 4.90 Å². The third kappa shape index (κ3) is 4.29. The van der Waals surface area contributed by atoms with E-state index in [-0.39, 0.29) is 43.7 Å². The predicted molar refractivity (Wildman–Crippen MR) is 77.8 cm³/mol. The van der Waals surface area contributed by atoms with Crippen molar-refractivity contribution in [1.29, 1.82) is 0 Å². The summed E-state index contributed by atoms with van der Waals surface area (Å²) in [4.78, 5) is 13.4. The molecular formula is C15H25F3N2O3. The summed E-state index contributed by atoms with van der Waals surface area (Å²) in [5.74, 6) is -1.22. The molecule has 0 aromatic heterocycles. The zero-order valence-electron chi connectivity index (χ0n) is 13.5. The van der Waals surface area contributed by atoms with E-state index in [2.05, 4.69) is 0 Å². The van der Waals surface area contributed by atoms with Gasteiger partial charge in [0.2, 0.25) is 0 Å². The highest BCUT2D eigenvalue weighted by Gasteiger charge is 2.43. The number of rotatable bonds is 3. The van der Waals surface area contributed by atoms with Gasteiger partial charge in [-0.25, -0.2) is 4.79 Å². The van der Waals surface area contributed by atoms with Gasteiger partial charge in [0.05, 0.1) is 31.8 Å². The summed E-state index contributed by atoms with van der Waals surface area (Å²) in [7, 11) is 1.31. The molecule has 0 radical (unpaired) electrons. The monoisotopic (exact) mass is 338 g/mol. The van der Waals surface area contributed by atoms with Crippen molar-refractivity contribution in [2.75, 3.05) is 13.7 Å². The van der Waals surface area contributed by atoms with Crippen molar-refractivity contribution < 1.29 is 27.4 Å². The molecule has 0 bridgehead atoms. The molecule has 1 aliphatic heterocycles. The number of likely N-dealkylation sites (tertiary alicyclic amines) is 1. The van der Waals surface area contributed by atoms with Crippen molar-refractivity contribution >= 4 is 6.09 Å². The molecule has 8 heteroatoms.